The predicted octanol–water partition coefficient (Wildman–Crippen LogP) is 3.47. The van der Waals surface area contributed by atoms with E-state index in [1.165, 1.54) is 0 Å². The van der Waals surface area contributed by atoms with Crippen LogP contribution in [0.25, 0.3) is 22.1 Å². The molecule has 4 aromatic rings. The van der Waals surface area contributed by atoms with Gasteiger partial charge in [0.15, 0.2) is 0 Å². The quantitative estimate of drug-likeness (QED) is 0.489. The van der Waals surface area contributed by atoms with Gasteiger partial charge in [-0.1, -0.05) is 12.1 Å². The smallest absolute Gasteiger partial charge is 0.227 e. The summed E-state index contributed by atoms with van der Waals surface area (Å²) in [6, 6.07) is 13.3. The fourth-order valence-corrected chi connectivity index (χ4v) is 4.26. The number of carbonyl (C=O) groups excluding carboxylic acids is 1. The number of carbonyl (C=O) groups is 1. The summed E-state index contributed by atoms with van der Waals surface area (Å²) in [5, 5.41) is 3.06. The maximum atomic E-state index is 12.9. The summed E-state index contributed by atoms with van der Waals surface area (Å²) in [6.45, 7) is 2.70. The third-order valence-corrected chi connectivity index (χ3v) is 6.17. The Hall–Kier alpha value is -3.65. The van der Waals surface area contributed by atoms with Gasteiger partial charge in [0.05, 0.1) is 35.0 Å². The molecule has 168 valence electrons. The lowest BCUT2D eigenvalue weighted by Crippen LogP contribution is -2.39. The molecule has 1 fully saturated rings. The average Bonchev–Trinajstić information content (AvgIpc) is 2.87. The second-order valence-corrected chi connectivity index (χ2v) is 8.29. The Morgan fingerprint density at radius 3 is 2.67 bits per heavy atom. The molecule has 1 N–H and O–H groups in total. The van der Waals surface area contributed by atoms with Crippen molar-refractivity contribution in [3.05, 3.63) is 60.6 Å². The standard InChI is InChI=1S/C25H26N6O2/c1-33-23-7-6-21-24(30-23)22(8-12-26-21)29-25(32)17-9-13-31(14-10-17)15-11-18-16-27-19-4-2-3-5-20(19)28-18/h2-8,12,16-17H,9-11,13-15H2,1H3,(H,26,29,32). The lowest BCUT2D eigenvalue weighted by atomic mass is 9.95. The van der Waals surface area contributed by atoms with Gasteiger partial charge in [-0.3, -0.25) is 14.8 Å². The fourth-order valence-electron chi connectivity index (χ4n) is 4.26. The van der Waals surface area contributed by atoms with Crippen LogP contribution in [0, 0.1) is 5.92 Å². The van der Waals surface area contributed by atoms with Crippen LogP contribution in [0.15, 0.2) is 54.9 Å². The maximum Gasteiger partial charge on any atom is 0.227 e. The molecule has 1 aromatic carbocycles. The van der Waals surface area contributed by atoms with Crippen molar-refractivity contribution in [2.45, 2.75) is 19.3 Å². The van der Waals surface area contributed by atoms with E-state index in [2.05, 4.69) is 25.2 Å². The van der Waals surface area contributed by atoms with Gasteiger partial charge >= 0.3 is 0 Å². The van der Waals surface area contributed by atoms with Crippen molar-refractivity contribution in [1.82, 2.24) is 24.8 Å². The molecular formula is C25H26N6O2. The summed E-state index contributed by atoms with van der Waals surface area (Å²) < 4.78 is 5.22. The van der Waals surface area contributed by atoms with E-state index in [1.807, 2.05) is 36.5 Å². The number of hydrogen-bond donors (Lipinski definition) is 1. The Kier molecular flexibility index (Phi) is 6.08. The zero-order valence-corrected chi connectivity index (χ0v) is 18.6. The van der Waals surface area contributed by atoms with Gasteiger partial charge in [0.2, 0.25) is 11.8 Å². The van der Waals surface area contributed by atoms with Crippen LogP contribution < -0.4 is 10.1 Å². The van der Waals surface area contributed by atoms with E-state index in [0.717, 1.165) is 61.1 Å². The first kappa shape index (κ1) is 21.2. The van der Waals surface area contributed by atoms with Crippen molar-refractivity contribution in [2.75, 3.05) is 32.1 Å². The molecule has 0 atom stereocenters. The molecule has 8 nitrogen and oxygen atoms in total. The van der Waals surface area contributed by atoms with Gasteiger partial charge in [-0.2, -0.15) is 0 Å². The number of nitrogens with zero attached hydrogens (tertiary/aromatic N) is 5. The molecule has 5 rings (SSSR count). The van der Waals surface area contributed by atoms with E-state index in [0.29, 0.717) is 17.1 Å². The average molecular weight is 443 g/mol. The third kappa shape index (κ3) is 4.75. The number of methoxy groups -OCH3 is 1. The third-order valence-electron chi connectivity index (χ3n) is 6.17. The van der Waals surface area contributed by atoms with Gasteiger partial charge in [0.25, 0.3) is 0 Å². The number of ether oxygens (including phenoxy) is 1. The number of amides is 1. The number of fused-ring (bicyclic) bond motifs is 2. The molecular weight excluding hydrogens is 416 g/mol. The number of pyridine rings is 2. The van der Waals surface area contributed by atoms with E-state index >= 15 is 0 Å². The highest BCUT2D eigenvalue weighted by atomic mass is 16.5. The molecule has 0 spiro atoms. The van der Waals surface area contributed by atoms with Gasteiger partial charge < -0.3 is 15.0 Å². The van der Waals surface area contributed by atoms with Crippen LogP contribution in [-0.4, -0.2) is 57.5 Å². The highest BCUT2D eigenvalue weighted by Gasteiger charge is 2.25. The second kappa shape index (κ2) is 9.46. The number of nitrogens with one attached hydrogen (secondary N) is 1. The monoisotopic (exact) mass is 442 g/mol. The van der Waals surface area contributed by atoms with Crippen LogP contribution in [0.3, 0.4) is 0 Å². The Morgan fingerprint density at radius 1 is 1.03 bits per heavy atom. The molecule has 3 aromatic heterocycles. The summed E-state index contributed by atoms with van der Waals surface area (Å²) in [7, 11) is 1.57. The van der Waals surface area contributed by atoms with Crippen molar-refractivity contribution in [1.29, 1.82) is 0 Å². The number of likely N-dealkylation sites (tertiary alicyclic amines) is 1. The van der Waals surface area contributed by atoms with Crippen LogP contribution in [-0.2, 0) is 11.2 Å². The first-order chi connectivity index (χ1) is 16.2. The number of para-hydroxylation sites is 2. The summed E-state index contributed by atoms with van der Waals surface area (Å²) in [5.41, 5.74) is 4.88. The van der Waals surface area contributed by atoms with Crippen molar-refractivity contribution >= 4 is 33.7 Å². The van der Waals surface area contributed by atoms with Gasteiger partial charge in [0, 0.05) is 37.3 Å². The van der Waals surface area contributed by atoms with E-state index in [4.69, 9.17) is 9.72 Å². The van der Waals surface area contributed by atoms with Crippen LogP contribution in [0.5, 0.6) is 5.88 Å². The minimum atomic E-state index is -0.0180. The highest BCUT2D eigenvalue weighted by Crippen LogP contribution is 2.25. The topological polar surface area (TPSA) is 93.1 Å². The van der Waals surface area contributed by atoms with E-state index in [9.17, 15) is 4.79 Å². The Labute approximate surface area is 192 Å². The fraction of sp³-hybridized carbons (Fsp3) is 0.320. The summed E-state index contributed by atoms with van der Waals surface area (Å²) in [6.07, 6.45) is 6.06. The predicted molar refractivity (Wildman–Crippen MR) is 127 cm³/mol. The van der Waals surface area contributed by atoms with E-state index < -0.39 is 0 Å². The van der Waals surface area contributed by atoms with E-state index in [-0.39, 0.29) is 11.8 Å². The number of rotatable bonds is 6. The molecule has 1 aliphatic rings. The Morgan fingerprint density at radius 2 is 1.85 bits per heavy atom. The van der Waals surface area contributed by atoms with Crippen LogP contribution >= 0.6 is 0 Å². The van der Waals surface area contributed by atoms with Crippen LogP contribution in [0.1, 0.15) is 18.5 Å². The second-order valence-electron chi connectivity index (χ2n) is 8.29. The van der Waals surface area contributed by atoms with Gasteiger partial charge in [-0.15, -0.1) is 0 Å². The van der Waals surface area contributed by atoms with Gasteiger partial charge in [-0.05, 0) is 50.2 Å². The number of benzene rings is 1. The molecule has 4 heterocycles. The summed E-state index contributed by atoms with van der Waals surface area (Å²) in [4.78, 5) is 33.3. The van der Waals surface area contributed by atoms with Crippen molar-refractivity contribution < 1.29 is 9.53 Å². The number of aromatic nitrogens is 4. The lowest BCUT2D eigenvalue weighted by molar-refractivity contribution is -0.121. The minimum absolute atomic E-state index is 0.0180. The Bertz CT molecular complexity index is 1290. The molecule has 0 unspecified atom stereocenters. The molecule has 0 bridgehead atoms. The summed E-state index contributed by atoms with van der Waals surface area (Å²) >= 11 is 0. The molecule has 1 amide bonds. The Balaban J connectivity index is 1.16. The van der Waals surface area contributed by atoms with E-state index in [1.54, 1.807) is 25.4 Å². The van der Waals surface area contributed by atoms with Crippen LogP contribution in [0.2, 0.25) is 0 Å². The SMILES string of the molecule is COc1ccc2nccc(NC(=O)C3CCN(CCc4cnc5ccccc5n4)CC3)c2n1. The van der Waals surface area contributed by atoms with Gasteiger partial charge in [-0.25, -0.2) is 9.97 Å². The maximum absolute atomic E-state index is 12.9. The first-order valence-corrected chi connectivity index (χ1v) is 11.2. The zero-order valence-electron chi connectivity index (χ0n) is 18.6. The number of anilines is 1. The minimum Gasteiger partial charge on any atom is -0.481 e. The number of piperidine rings is 1. The van der Waals surface area contributed by atoms with Crippen molar-refractivity contribution in [3.63, 3.8) is 0 Å². The molecule has 33 heavy (non-hydrogen) atoms. The molecule has 0 radical (unpaired) electrons. The lowest BCUT2D eigenvalue weighted by Gasteiger charge is -2.31. The molecule has 1 saturated heterocycles. The zero-order chi connectivity index (χ0) is 22.6. The highest BCUT2D eigenvalue weighted by molar-refractivity contribution is 6.00. The molecule has 8 heteroatoms. The number of hydrogen-bond acceptors (Lipinski definition) is 7. The molecule has 1 aliphatic heterocycles. The summed E-state index contributed by atoms with van der Waals surface area (Å²) in [5.74, 6) is 0.512. The first-order valence-electron chi connectivity index (χ1n) is 11.2. The molecule has 0 aliphatic carbocycles. The normalized spacial score (nSPS) is 15.1. The molecule has 0 saturated carbocycles. The van der Waals surface area contributed by atoms with Crippen LogP contribution in [0.4, 0.5) is 5.69 Å². The largest absolute Gasteiger partial charge is 0.481 e. The van der Waals surface area contributed by atoms with Crippen molar-refractivity contribution in [3.8, 4) is 5.88 Å². The van der Waals surface area contributed by atoms with Crippen molar-refractivity contribution in [2.24, 2.45) is 5.92 Å². The van der Waals surface area contributed by atoms with Gasteiger partial charge in [0.1, 0.15) is 5.52 Å².